The summed E-state index contributed by atoms with van der Waals surface area (Å²) >= 11 is 6.22. The highest BCUT2D eigenvalue weighted by Crippen LogP contribution is 2.36. The lowest BCUT2D eigenvalue weighted by molar-refractivity contribution is -0.123. The average Bonchev–Trinajstić information content (AvgIpc) is 2.91. The van der Waals surface area contributed by atoms with E-state index in [0.717, 1.165) is 5.56 Å². The second-order valence-corrected chi connectivity index (χ2v) is 6.81. The van der Waals surface area contributed by atoms with Crippen LogP contribution in [-0.4, -0.2) is 27.8 Å². The monoisotopic (exact) mass is 358 g/mol. The van der Waals surface area contributed by atoms with Gasteiger partial charge >= 0.3 is 0 Å². The standard InChI is InChI=1S/C18H19ClN4O2/c1-11(2)8-15(18(25)22-16-10-20-6-7-21-16)23-14-5-3-4-13(19)12(14)9-17(23)24/h3-7,10-11,15H,8-9H2,1-2H3,(H,21,22,25). The van der Waals surface area contributed by atoms with Crippen LogP contribution in [0.3, 0.4) is 0 Å². The van der Waals surface area contributed by atoms with Crippen molar-refractivity contribution in [1.82, 2.24) is 9.97 Å². The lowest BCUT2D eigenvalue weighted by atomic mass is 10.0. The van der Waals surface area contributed by atoms with Crippen LogP contribution in [0.1, 0.15) is 25.8 Å². The van der Waals surface area contributed by atoms with Crippen LogP contribution in [0.25, 0.3) is 0 Å². The molecule has 6 nitrogen and oxygen atoms in total. The minimum Gasteiger partial charge on any atom is -0.308 e. The maximum absolute atomic E-state index is 12.9. The Kier molecular flexibility index (Phi) is 4.99. The summed E-state index contributed by atoms with van der Waals surface area (Å²) in [5.41, 5.74) is 1.48. The molecule has 0 saturated heterocycles. The van der Waals surface area contributed by atoms with Crippen LogP contribution in [0.5, 0.6) is 0 Å². The number of hydrogen-bond acceptors (Lipinski definition) is 4. The molecule has 1 unspecified atom stereocenters. The van der Waals surface area contributed by atoms with E-state index in [1.807, 2.05) is 19.9 Å². The van der Waals surface area contributed by atoms with Crippen LogP contribution in [0, 0.1) is 5.92 Å². The predicted octanol–water partition coefficient (Wildman–Crippen LogP) is 3.07. The third kappa shape index (κ3) is 3.64. The average molecular weight is 359 g/mol. The summed E-state index contributed by atoms with van der Waals surface area (Å²) in [7, 11) is 0. The van der Waals surface area contributed by atoms with Gasteiger partial charge in [-0.25, -0.2) is 4.98 Å². The van der Waals surface area contributed by atoms with Crippen molar-refractivity contribution in [3.05, 3.63) is 47.4 Å². The Balaban J connectivity index is 1.92. The maximum Gasteiger partial charge on any atom is 0.248 e. The summed E-state index contributed by atoms with van der Waals surface area (Å²) in [5.74, 6) is 0.186. The summed E-state index contributed by atoms with van der Waals surface area (Å²) < 4.78 is 0. The van der Waals surface area contributed by atoms with Gasteiger partial charge in [0.2, 0.25) is 11.8 Å². The highest BCUT2D eigenvalue weighted by molar-refractivity contribution is 6.32. The van der Waals surface area contributed by atoms with Gasteiger partial charge in [-0.15, -0.1) is 0 Å². The fourth-order valence-corrected chi connectivity index (χ4v) is 3.25. The quantitative estimate of drug-likeness (QED) is 0.891. The number of nitrogens with one attached hydrogen (secondary N) is 1. The first-order valence-electron chi connectivity index (χ1n) is 8.13. The van der Waals surface area contributed by atoms with Crippen molar-refractivity contribution in [3.8, 4) is 0 Å². The summed E-state index contributed by atoms with van der Waals surface area (Å²) in [5, 5.41) is 3.30. The predicted molar refractivity (Wildman–Crippen MR) is 96.5 cm³/mol. The lowest BCUT2D eigenvalue weighted by Crippen LogP contribution is -2.46. The molecule has 1 aliphatic heterocycles. The highest BCUT2D eigenvalue weighted by atomic mass is 35.5. The van der Waals surface area contributed by atoms with E-state index in [2.05, 4.69) is 15.3 Å². The highest BCUT2D eigenvalue weighted by Gasteiger charge is 2.38. The second-order valence-electron chi connectivity index (χ2n) is 6.40. The Labute approximate surface area is 151 Å². The number of benzene rings is 1. The number of halogens is 1. The van der Waals surface area contributed by atoms with Crippen molar-refractivity contribution in [1.29, 1.82) is 0 Å². The summed E-state index contributed by atoms with van der Waals surface area (Å²) in [6.07, 6.45) is 5.25. The number of hydrogen-bond donors (Lipinski definition) is 1. The van der Waals surface area contributed by atoms with Gasteiger partial charge in [-0.05, 0) is 24.5 Å². The molecule has 7 heteroatoms. The molecule has 0 radical (unpaired) electrons. The van der Waals surface area contributed by atoms with Crippen molar-refractivity contribution in [2.75, 3.05) is 10.2 Å². The smallest absolute Gasteiger partial charge is 0.248 e. The SMILES string of the molecule is CC(C)CC(C(=O)Nc1cnccn1)N1C(=O)Cc2c(Cl)cccc21. The van der Waals surface area contributed by atoms with Gasteiger partial charge < -0.3 is 5.32 Å². The van der Waals surface area contributed by atoms with Crippen LogP contribution in [0.15, 0.2) is 36.8 Å². The van der Waals surface area contributed by atoms with Crippen LogP contribution in [0.4, 0.5) is 11.5 Å². The topological polar surface area (TPSA) is 75.2 Å². The molecule has 2 aromatic rings. The Morgan fingerprint density at radius 3 is 2.84 bits per heavy atom. The molecular formula is C18H19ClN4O2. The first-order valence-corrected chi connectivity index (χ1v) is 8.51. The number of carbonyl (C=O) groups is 2. The van der Waals surface area contributed by atoms with Gasteiger partial charge in [0.1, 0.15) is 6.04 Å². The largest absolute Gasteiger partial charge is 0.308 e. The molecule has 2 heterocycles. The van der Waals surface area contributed by atoms with Gasteiger partial charge in [0.15, 0.2) is 5.82 Å². The number of aromatic nitrogens is 2. The second kappa shape index (κ2) is 7.19. The van der Waals surface area contributed by atoms with Gasteiger partial charge in [0.25, 0.3) is 0 Å². The van der Waals surface area contributed by atoms with Crippen LogP contribution in [-0.2, 0) is 16.0 Å². The minimum atomic E-state index is -0.630. The van der Waals surface area contributed by atoms with Crippen molar-refractivity contribution >= 4 is 34.9 Å². The van der Waals surface area contributed by atoms with E-state index in [1.165, 1.54) is 18.6 Å². The van der Waals surface area contributed by atoms with Crippen molar-refractivity contribution in [2.24, 2.45) is 5.92 Å². The Bertz CT molecular complexity index is 795. The number of fused-ring (bicyclic) bond motifs is 1. The number of nitrogens with zero attached hydrogens (tertiary/aromatic N) is 3. The fraction of sp³-hybridized carbons (Fsp3) is 0.333. The zero-order chi connectivity index (χ0) is 18.0. The number of carbonyl (C=O) groups excluding carboxylic acids is 2. The van der Waals surface area contributed by atoms with E-state index in [-0.39, 0.29) is 24.2 Å². The number of anilines is 2. The Hall–Kier alpha value is -2.47. The van der Waals surface area contributed by atoms with Gasteiger partial charge in [-0.2, -0.15) is 0 Å². The van der Waals surface area contributed by atoms with E-state index >= 15 is 0 Å². The van der Waals surface area contributed by atoms with Gasteiger partial charge in [-0.3, -0.25) is 19.5 Å². The van der Waals surface area contributed by atoms with E-state index in [1.54, 1.807) is 17.0 Å². The third-order valence-corrected chi connectivity index (χ3v) is 4.43. The zero-order valence-electron chi connectivity index (χ0n) is 14.1. The molecule has 0 aliphatic carbocycles. The molecule has 25 heavy (non-hydrogen) atoms. The number of amides is 2. The Morgan fingerprint density at radius 2 is 2.16 bits per heavy atom. The Morgan fingerprint density at radius 1 is 1.36 bits per heavy atom. The van der Waals surface area contributed by atoms with Gasteiger partial charge in [-0.1, -0.05) is 31.5 Å². The molecule has 1 aliphatic rings. The molecule has 1 atom stereocenters. The van der Waals surface area contributed by atoms with Crippen LogP contribution in [0.2, 0.25) is 5.02 Å². The third-order valence-electron chi connectivity index (χ3n) is 4.07. The summed E-state index contributed by atoms with van der Waals surface area (Å²) in [4.78, 5) is 35.1. The summed E-state index contributed by atoms with van der Waals surface area (Å²) in [6.45, 7) is 4.03. The van der Waals surface area contributed by atoms with Gasteiger partial charge in [0.05, 0.1) is 12.6 Å². The van der Waals surface area contributed by atoms with Crippen LogP contribution < -0.4 is 10.2 Å². The van der Waals surface area contributed by atoms with E-state index in [4.69, 9.17) is 11.6 Å². The molecule has 130 valence electrons. The van der Waals surface area contributed by atoms with Gasteiger partial charge in [0, 0.05) is 28.7 Å². The molecule has 2 amide bonds. The molecule has 0 saturated carbocycles. The normalized spacial score (nSPS) is 14.6. The van der Waals surface area contributed by atoms with E-state index < -0.39 is 6.04 Å². The minimum absolute atomic E-state index is 0.122. The molecule has 1 N–H and O–H groups in total. The van der Waals surface area contributed by atoms with E-state index in [9.17, 15) is 9.59 Å². The van der Waals surface area contributed by atoms with Crippen molar-refractivity contribution < 1.29 is 9.59 Å². The first kappa shape index (κ1) is 17.4. The molecule has 3 rings (SSSR count). The van der Waals surface area contributed by atoms with Crippen molar-refractivity contribution in [3.63, 3.8) is 0 Å². The molecule has 0 fully saturated rings. The fourth-order valence-electron chi connectivity index (χ4n) is 3.01. The molecule has 1 aromatic heterocycles. The molecular weight excluding hydrogens is 340 g/mol. The maximum atomic E-state index is 12.9. The first-order chi connectivity index (χ1) is 12.0. The van der Waals surface area contributed by atoms with E-state index in [0.29, 0.717) is 22.9 Å². The lowest BCUT2D eigenvalue weighted by Gasteiger charge is -2.29. The summed E-state index contributed by atoms with van der Waals surface area (Å²) in [6, 6.07) is 4.75. The molecule has 1 aromatic carbocycles. The molecule has 0 bridgehead atoms. The van der Waals surface area contributed by atoms with Crippen LogP contribution >= 0.6 is 11.6 Å². The molecule has 0 spiro atoms. The van der Waals surface area contributed by atoms with Crippen molar-refractivity contribution in [2.45, 2.75) is 32.7 Å². The number of rotatable bonds is 5. The zero-order valence-corrected chi connectivity index (χ0v) is 14.8.